The fourth-order valence-electron chi connectivity index (χ4n) is 1.49. The first-order valence-corrected chi connectivity index (χ1v) is 6.38. The highest BCUT2D eigenvalue weighted by Gasteiger charge is 2.17. The van der Waals surface area contributed by atoms with Crippen LogP contribution in [0, 0.1) is 0 Å². The Balaban J connectivity index is 2.42. The molecule has 1 aromatic heterocycles. The van der Waals surface area contributed by atoms with Crippen LogP contribution in [0.5, 0.6) is 0 Å². The van der Waals surface area contributed by atoms with Gasteiger partial charge in [0.15, 0.2) is 0 Å². The van der Waals surface area contributed by atoms with Gasteiger partial charge in [-0.25, -0.2) is 0 Å². The lowest BCUT2D eigenvalue weighted by atomic mass is 10.1. The van der Waals surface area contributed by atoms with E-state index in [-0.39, 0.29) is 24.8 Å². The van der Waals surface area contributed by atoms with Crippen molar-refractivity contribution >= 4 is 23.2 Å². The smallest absolute Gasteiger partial charge is 0.303 e. The van der Waals surface area contributed by atoms with Gasteiger partial charge in [-0.05, 0) is 18.4 Å². The number of carbonyl (C=O) groups excluding carboxylic acids is 1. The number of aliphatic carboxylic acids is 1. The van der Waals surface area contributed by atoms with Crippen molar-refractivity contribution in [1.29, 1.82) is 0 Å². The molecule has 1 atom stereocenters. The normalized spacial score (nSPS) is 12.1. The van der Waals surface area contributed by atoms with Gasteiger partial charge in [0, 0.05) is 30.8 Å². The molecule has 1 rings (SSSR count). The van der Waals surface area contributed by atoms with Crippen molar-refractivity contribution in [2.75, 3.05) is 7.05 Å². The molecule has 0 aliphatic rings. The zero-order valence-electron chi connectivity index (χ0n) is 10.0. The highest BCUT2D eigenvalue weighted by molar-refractivity contribution is 7.09. The summed E-state index contributed by atoms with van der Waals surface area (Å²) in [4.78, 5) is 24.9. The van der Waals surface area contributed by atoms with E-state index in [0.717, 1.165) is 6.42 Å². The second-order valence-corrected chi connectivity index (χ2v) is 5.06. The number of thiophene rings is 1. The quantitative estimate of drug-likeness (QED) is 0.846. The van der Waals surface area contributed by atoms with Gasteiger partial charge in [-0.3, -0.25) is 9.59 Å². The molecular weight excluding hydrogens is 238 g/mol. The predicted octanol–water partition coefficient (Wildman–Crippen LogP) is 2.00. The first-order valence-electron chi connectivity index (χ1n) is 5.50. The lowest BCUT2D eigenvalue weighted by Gasteiger charge is -2.24. The Morgan fingerprint density at radius 1 is 1.47 bits per heavy atom. The minimum Gasteiger partial charge on any atom is -0.481 e. The Morgan fingerprint density at radius 2 is 2.18 bits per heavy atom. The average Bonchev–Trinajstić information content (AvgIpc) is 2.77. The molecule has 0 saturated heterocycles. The number of nitrogens with zero attached hydrogens (tertiary/aromatic N) is 1. The molecule has 0 spiro atoms. The van der Waals surface area contributed by atoms with Crippen LogP contribution in [0.3, 0.4) is 0 Å². The molecule has 0 aliphatic heterocycles. The van der Waals surface area contributed by atoms with E-state index in [1.165, 1.54) is 4.88 Å². The maximum absolute atomic E-state index is 11.7. The molecule has 0 fully saturated rings. The highest BCUT2D eigenvalue weighted by atomic mass is 32.1. The number of carbonyl (C=O) groups is 2. The van der Waals surface area contributed by atoms with Crippen molar-refractivity contribution < 1.29 is 14.7 Å². The van der Waals surface area contributed by atoms with Gasteiger partial charge in [0.2, 0.25) is 5.91 Å². The number of carboxylic acid groups (broad SMARTS) is 1. The van der Waals surface area contributed by atoms with Crippen LogP contribution in [-0.2, 0) is 16.0 Å². The number of amides is 1. The number of likely N-dealkylation sites (N-methyl/N-ethyl adjacent to an activating group) is 1. The SMILES string of the molecule is CC(Cc1cccs1)N(C)C(=O)CCC(=O)O. The summed E-state index contributed by atoms with van der Waals surface area (Å²) >= 11 is 1.67. The number of carboxylic acids is 1. The molecule has 0 radical (unpaired) electrons. The summed E-state index contributed by atoms with van der Waals surface area (Å²) in [5.41, 5.74) is 0. The van der Waals surface area contributed by atoms with Crippen LogP contribution < -0.4 is 0 Å². The van der Waals surface area contributed by atoms with E-state index < -0.39 is 5.97 Å². The first kappa shape index (κ1) is 13.7. The van der Waals surface area contributed by atoms with Gasteiger partial charge in [0.1, 0.15) is 0 Å². The molecule has 4 nitrogen and oxygen atoms in total. The van der Waals surface area contributed by atoms with Gasteiger partial charge in [0.05, 0.1) is 6.42 Å². The lowest BCUT2D eigenvalue weighted by molar-refractivity contribution is -0.141. The first-order chi connectivity index (χ1) is 8.00. The second-order valence-electron chi connectivity index (χ2n) is 4.03. The summed E-state index contributed by atoms with van der Waals surface area (Å²) < 4.78 is 0. The van der Waals surface area contributed by atoms with Crippen LogP contribution in [0.4, 0.5) is 0 Å². The molecule has 1 N–H and O–H groups in total. The zero-order chi connectivity index (χ0) is 12.8. The molecule has 1 heterocycles. The van der Waals surface area contributed by atoms with Crippen molar-refractivity contribution in [3.05, 3.63) is 22.4 Å². The van der Waals surface area contributed by atoms with Gasteiger partial charge in [0.25, 0.3) is 0 Å². The minimum atomic E-state index is -0.933. The fraction of sp³-hybridized carbons (Fsp3) is 0.500. The summed E-state index contributed by atoms with van der Waals surface area (Å²) in [5, 5.41) is 10.5. The molecule has 1 amide bonds. The van der Waals surface area contributed by atoms with Gasteiger partial charge in [-0.15, -0.1) is 11.3 Å². The Morgan fingerprint density at radius 3 is 2.71 bits per heavy atom. The average molecular weight is 255 g/mol. The third kappa shape index (κ3) is 4.56. The maximum atomic E-state index is 11.7. The predicted molar refractivity (Wildman–Crippen MR) is 67.1 cm³/mol. The monoisotopic (exact) mass is 255 g/mol. The fourth-order valence-corrected chi connectivity index (χ4v) is 2.32. The van der Waals surface area contributed by atoms with E-state index >= 15 is 0 Å². The van der Waals surface area contributed by atoms with Gasteiger partial charge in [-0.2, -0.15) is 0 Å². The van der Waals surface area contributed by atoms with Crippen LogP contribution in [0.25, 0.3) is 0 Å². The minimum absolute atomic E-state index is 0.0701. The molecule has 0 aliphatic carbocycles. The van der Waals surface area contributed by atoms with Crippen LogP contribution in [0.2, 0.25) is 0 Å². The number of rotatable bonds is 6. The Hall–Kier alpha value is -1.36. The Kier molecular flexibility index (Phi) is 5.15. The summed E-state index contributed by atoms with van der Waals surface area (Å²) in [5.74, 6) is -1.05. The van der Waals surface area contributed by atoms with Crippen LogP contribution in [0.15, 0.2) is 17.5 Å². The molecule has 94 valence electrons. The molecule has 1 unspecified atom stereocenters. The van der Waals surface area contributed by atoms with Gasteiger partial charge >= 0.3 is 5.97 Å². The van der Waals surface area contributed by atoms with Crippen LogP contribution in [-0.4, -0.2) is 35.0 Å². The maximum Gasteiger partial charge on any atom is 0.303 e. The third-order valence-corrected chi connectivity index (χ3v) is 3.58. The lowest BCUT2D eigenvalue weighted by Crippen LogP contribution is -2.36. The molecule has 1 aromatic rings. The molecular formula is C12H17NO3S. The van der Waals surface area contributed by atoms with E-state index in [1.54, 1.807) is 23.3 Å². The van der Waals surface area contributed by atoms with Crippen LogP contribution in [0.1, 0.15) is 24.6 Å². The standard InChI is InChI=1S/C12H17NO3S/c1-9(8-10-4-3-7-17-10)13(2)11(14)5-6-12(15)16/h3-4,7,9H,5-6,8H2,1-2H3,(H,15,16). The third-order valence-electron chi connectivity index (χ3n) is 2.68. The summed E-state index contributed by atoms with van der Waals surface area (Å²) in [6.45, 7) is 1.97. The zero-order valence-corrected chi connectivity index (χ0v) is 10.9. The Labute approximate surface area is 105 Å². The topological polar surface area (TPSA) is 57.6 Å². The van der Waals surface area contributed by atoms with Gasteiger partial charge < -0.3 is 10.0 Å². The summed E-state index contributed by atoms with van der Waals surface area (Å²) in [6.07, 6.45) is 0.780. The largest absolute Gasteiger partial charge is 0.481 e. The molecule has 0 bridgehead atoms. The van der Waals surface area contributed by atoms with Crippen molar-refractivity contribution in [2.45, 2.75) is 32.2 Å². The van der Waals surface area contributed by atoms with Gasteiger partial charge in [-0.1, -0.05) is 6.07 Å². The summed E-state index contributed by atoms with van der Waals surface area (Å²) in [7, 11) is 1.72. The van der Waals surface area contributed by atoms with Crippen molar-refractivity contribution in [3.63, 3.8) is 0 Å². The highest BCUT2D eigenvalue weighted by Crippen LogP contribution is 2.14. The summed E-state index contributed by atoms with van der Waals surface area (Å²) in [6, 6.07) is 4.12. The van der Waals surface area contributed by atoms with E-state index in [2.05, 4.69) is 0 Å². The molecule has 0 saturated carbocycles. The molecule has 0 aromatic carbocycles. The van der Waals surface area contributed by atoms with Crippen molar-refractivity contribution in [1.82, 2.24) is 4.90 Å². The van der Waals surface area contributed by atoms with E-state index in [1.807, 2.05) is 24.4 Å². The van der Waals surface area contributed by atoms with Crippen LogP contribution >= 0.6 is 11.3 Å². The van der Waals surface area contributed by atoms with E-state index in [4.69, 9.17) is 5.11 Å². The Bertz CT molecular complexity index is 375. The number of hydrogen-bond donors (Lipinski definition) is 1. The second kappa shape index (κ2) is 6.39. The van der Waals surface area contributed by atoms with E-state index in [9.17, 15) is 9.59 Å². The van der Waals surface area contributed by atoms with Crippen molar-refractivity contribution in [3.8, 4) is 0 Å². The molecule has 17 heavy (non-hydrogen) atoms. The number of hydrogen-bond acceptors (Lipinski definition) is 3. The van der Waals surface area contributed by atoms with Crippen molar-refractivity contribution in [2.24, 2.45) is 0 Å². The van der Waals surface area contributed by atoms with E-state index in [0.29, 0.717) is 0 Å². The molecule has 5 heteroatoms.